The summed E-state index contributed by atoms with van der Waals surface area (Å²) in [4.78, 5) is 32.7. The number of benzene rings is 1. The molecule has 0 atom stereocenters. The van der Waals surface area contributed by atoms with Crippen LogP contribution < -0.4 is 5.32 Å². The lowest BCUT2D eigenvalue weighted by molar-refractivity contribution is -0.121. The van der Waals surface area contributed by atoms with E-state index in [1.807, 2.05) is 23.6 Å². The monoisotopic (exact) mass is 383 g/mol. The summed E-state index contributed by atoms with van der Waals surface area (Å²) in [5.41, 5.74) is 2.13. The smallest absolute Gasteiger partial charge is 0.220 e. The fourth-order valence-corrected chi connectivity index (χ4v) is 3.28. The zero-order valence-electron chi connectivity index (χ0n) is 14.5. The van der Waals surface area contributed by atoms with Gasteiger partial charge >= 0.3 is 0 Å². The summed E-state index contributed by atoms with van der Waals surface area (Å²) in [7, 11) is 0. The SMILES string of the molecule is O=C(CCC(=O)c1ccc(F)cc1)NCCc1csc(-c2ccccn2)n1. The Labute approximate surface area is 160 Å². The van der Waals surface area contributed by atoms with Gasteiger partial charge in [0.05, 0.1) is 11.4 Å². The van der Waals surface area contributed by atoms with Gasteiger partial charge in [0.25, 0.3) is 0 Å². The Kier molecular flexibility index (Phi) is 6.38. The fraction of sp³-hybridized carbons (Fsp3) is 0.200. The van der Waals surface area contributed by atoms with E-state index in [1.54, 1.807) is 6.20 Å². The molecule has 0 bridgehead atoms. The summed E-state index contributed by atoms with van der Waals surface area (Å²) >= 11 is 1.52. The predicted octanol–water partition coefficient (Wildman–Crippen LogP) is 3.67. The molecule has 1 aromatic carbocycles. The Morgan fingerprint density at radius 3 is 2.63 bits per heavy atom. The van der Waals surface area contributed by atoms with Gasteiger partial charge in [-0.15, -0.1) is 11.3 Å². The molecule has 2 aromatic heterocycles. The number of pyridine rings is 1. The molecule has 0 unspecified atom stereocenters. The zero-order chi connectivity index (χ0) is 19.1. The second-order valence-electron chi connectivity index (χ2n) is 5.89. The highest BCUT2D eigenvalue weighted by Gasteiger charge is 2.10. The quantitative estimate of drug-likeness (QED) is 0.603. The van der Waals surface area contributed by atoms with E-state index in [0.717, 1.165) is 16.4 Å². The summed E-state index contributed by atoms with van der Waals surface area (Å²) in [6.45, 7) is 0.453. The molecule has 7 heteroatoms. The third-order valence-electron chi connectivity index (χ3n) is 3.88. The van der Waals surface area contributed by atoms with Crippen LogP contribution in [-0.2, 0) is 11.2 Å². The number of nitrogens with zero attached hydrogens (tertiary/aromatic N) is 2. The van der Waals surface area contributed by atoms with Crippen LogP contribution in [0.25, 0.3) is 10.7 Å². The van der Waals surface area contributed by atoms with E-state index in [9.17, 15) is 14.0 Å². The van der Waals surface area contributed by atoms with Crippen LogP contribution in [0.4, 0.5) is 4.39 Å². The molecule has 1 amide bonds. The number of amides is 1. The molecule has 27 heavy (non-hydrogen) atoms. The van der Waals surface area contributed by atoms with E-state index in [-0.39, 0.29) is 24.5 Å². The Hall–Kier alpha value is -2.93. The summed E-state index contributed by atoms with van der Waals surface area (Å²) in [5.74, 6) is -0.757. The molecule has 5 nitrogen and oxygen atoms in total. The van der Waals surface area contributed by atoms with Gasteiger partial charge in [-0.05, 0) is 36.4 Å². The van der Waals surface area contributed by atoms with Crippen LogP contribution in [0, 0.1) is 5.82 Å². The summed E-state index contributed by atoms with van der Waals surface area (Å²) < 4.78 is 12.9. The lowest BCUT2D eigenvalue weighted by atomic mass is 10.1. The van der Waals surface area contributed by atoms with E-state index in [2.05, 4.69) is 15.3 Å². The number of rotatable bonds is 8. The van der Waals surface area contributed by atoms with Crippen LogP contribution in [0.2, 0.25) is 0 Å². The molecular formula is C20H18FN3O2S. The number of Topliss-reactive ketones (excluding diaryl/α,β-unsaturated/α-hetero) is 1. The number of aromatic nitrogens is 2. The maximum absolute atomic E-state index is 12.9. The number of hydrogen-bond donors (Lipinski definition) is 1. The Bertz CT molecular complexity index is 910. The van der Waals surface area contributed by atoms with Crippen LogP contribution in [0.1, 0.15) is 28.9 Å². The van der Waals surface area contributed by atoms with Crippen molar-refractivity contribution in [3.05, 3.63) is 71.1 Å². The highest BCUT2D eigenvalue weighted by atomic mass is 32.1. The van der Waals surface area contributed by atoms with E-state index in [0.29, 0.717) is 18.5 Å². The van der Waals surface area contributed by atoms with Crippen LogP contribution in [0.15, 0.2) is 54.0 Å². The molecule has 0 fully saturated rings. The maximum Gasteiger partial charge on any atom is 0.220 e. The van der Waals surface area contributed by atoms with Crippen LogP contribution in [0.3, 0.4) is 0 Å². The predicted molar refractivity (Wildman–Crippen MR) is 102 cm³/mol. The summed E-state index contributed by atoms with van der Waals surface area (Å²) in [5, 5.41) is 5.60. The largest absolute Gasteiger partial charge is 0.356 e. The first-order valence-corrected chi connectivity index (χ1v) is 9.41. The van der Waals surface area contributed by atoms with Crippen molar-refractivity contribution in [1.29, 1.82) is 0 Å². The van der Waals surface area contributed by atoms with E-state index < -0.39 is 5.82 Å². The molecule has 0 saturated heterocycles. The first kappa shape index (κ1) is 18.8. The van der Waals surface area contributed by atoms with Gasteiger partial charge in [0.1, 0.15) is 10.8 Å². The number of carbonyl (C=O) groups excluding carboxylic acids is 2. The van der Waals surface area contributed by atoms with Crippen molar-refractivity contribution in [3.63, 3.8) is 0 Å². The number of carbonyl (C=O) groups is 2. The number of ketones is 1. The minimum Gasteiger partial charge on any atom is -0.356 e. The van der Waals surface area contributed by atoms with Crippen molar-refractivity contribution in [1.82, 2.24) is 15.3 Å². The molecule has 2 heterocycles. The fourth-order valence-electron chi connectivity index (χ4n) is 2.45. The number of hydrogen-bond acceptors (Lipinski definition) is 5. The standard InChI is InChI=1S/C20H18FN3O2S/c21-15-6-4-14(5-7-15)18(25)8-9-19(26)23-12-10-16-13-27-20(24-16)17-3-1-2-11-22-17/h1-7,11,13H,8-10,12H2,(H,23,26). The van der Waals surface area contributed by atoms with Gasteiger partial charge in [-0.2, -0.15) is 0 Å². The molecular weight excluding hydrogens is 365 g/mol. The molecule has 3 aromatic rings. The van der Waals surface area contributed by atoms with E-state index >= 15 is 0 Å². The topological polar surface area (TPSA) is 72.0 Å². The molecule has 1 N–H and O–H groups in total. The molecule has 3 rings (SSSR count). The third kappa shape index (κ3) is 5.52. The molecule has 0 aliphatic rings. The van der Waals surface area contributed by atoms with Crippen LogP contribution >= 0.6 is 11.3 Å². The average molecular weight is 383 g/mol. The normalized spacial score (nSPS) is 10.6. The van der Waals surface area contributed by atoms with Gasteiger partial charge in [-0.3, -0.25) is 14.6 Å². The molecule has 0 spiro atoms. The van der Waals surface area contributed by atoms with E-state index in [4.69, 9.17) is 0 Å². The van der Waals surface area contributed by atoms with Crippen molar-refractivity contribution in [3.8, 4) is 10.7 Å². The Morgan fingerprint density at radius 1 is 1.07 bits per heavy atom. The minimum absolute atomic E-state index is 0.0952. The van der Waals surface area contributed by atoms with Gasteiger partial charge in [0, 0.05) is 42.9 Å². The van der Waals surface area contributed by atoms with Gasteiger partial charge in [-0.25, -0.2) is 9.37 Å². The highest BCUT2D eigenvalue weighted by Crippen LogP contribution is 2.21. The lowest BCUT2D eigenvalue weighted by Crippen LogP contribution is -2.26. The van der Waals surface area contributed by atoms with Crippen LogP contribution in [0.5, 0.6) is 0 Å². The molecule has 0 aliphatic heterocycles. The first-order chi connectivity index (χ1) is 13.1. The molecule has 0 radical (unpaired) electrons. The first-order valence-electron chi connectivity index (χ1n) is 8.53. The van der Waals surface area contributed by atoms with Crippen molar-refractivity contribution < 1.29 is 14.0 Å². The highest BCUT2D eigenvalue weighted by molar-refractivity contribution is 7.13. The second-order valence-corrected chi connectivity index (χ2v) is 6.75. The van der Waals surface area contributed by atoms with E-state index in [1.165, 1.54) is 35.6 Å². The number of halogens is 1. The summed E-state index contributed by atoms with van der Waals surface area (Å²) in [6, 6.07) is 11.0. The number of thiazole rings is 1. The maximum atomic E-state index is 12.9. The van der Waals surface area contributed by atoms with Crippen molar-refractivity contribution in [2.75, 3.05) is 6.54 Å². The molecule has 0 aliphatic carbocycles. The third-order valence-corrected chi connectivity index (χ3v) is 4.80. The number of nitrogens with one attached hydrogen (secondary N) is 1. The van der Waals surface area contributed by atoms with Gasteiger partial charge < -0.3 is 5.32 Å². The van der Waals surface area contributed by atoms with Crippen molar-refractivity contribution in [2.24, 2.45) is 0 Å². The van der Waals surface area contributed by atoms with Crippen LogP contribution in [-0.4, -0.2) is 28.2 Å². The Morgan fingerprint density at radius 2 is 1.89 bits per heavy atom. The minimum atomic E-state index is -0.391. The summed E-state index contributed by atoms with van der Waals surface area (Å²) in [6.07, 6.45) is 2.54. The van der Waals surface area contributed by atoms with Crippen molar-refractivity contribution >= 4 is 23.0 Å². The van der Waals surface area contributed by atoms with Gasteiger partial charge in [-0.1, -0.05) is 6.07 Å². The lowest BCUT2D eigenvalue weighted by Gasteiger charge is -2.04. The zero-order valence-corrected chi connectivity index (χ0v) is 15.3. The van der Waals surface area contributed by atoms with Gasteiger partial charge in [0.15, 0.2) is 5.78 Å². The average Bonchev–Trinajstić information content (AvgIpc) is 3.16. The molecule has 0 saturated carbocycles. The van der Waals surface area contributed by atoms with Crippen molar-refractivity contribution in [2.45, 2.75) is 19.3 Å². The van der Waals surface area contributed by atoms with Gasteiger partial charge in [0.2, 0.25) is 5.91 Å². The molecule has 138 valence electrons. The second kappa shape index (κ2) is 9.14. The Balaban J connectivity index is 1.40.